The minimum Gasteiger partial charge on any atom is -0.495 e. The first-order valence-corrected chi connectivity index (χ1v) is 12.6. The number of amides is 1. The van der Waals surface area contributed by atoms with Gasteiger partial charge in [-0.25, -0.2) is 13.9 Å². The number of hydrogen-bond acceptors (Lipinski definition) is 7. The lowest BCUT2D eigenvalue weighted by molar-refractivity contribution is -0.125. The van der Waals surface area contributed by atoms with Crippen molar-refractivity contribution in [3.8, 4) is 16.2 Å². The van der Waals surface area contributed by atoms with Gasteiger partial charge in [-0.2, -0.15) is 5.10 Å². The summed E-state index contributed by atoms with van der Waals surface area (Å²) in [6.07, 6.45) is 5.78. The number of carbonyl (C=O) groups is 1. The van der Waals surface area contributed by atoms with E-state index in [1.54, 1.807) is 26.2 Å². The van der Waals surface area contributed by atoms with E-state index < -0.39 is 0 Å². The standard InChI is InChI=1S/C26H29FN6O2S/c1-15-10-20(35-4)25-18(23(15)27)12-21(36-25)17-11-19(33-24(17)26(28)29-14-30-33)16-7-9-32(13-16)22(34)6-5-8-31(2)3/h5-6,10-12,14,16H,7-9,13H2,1-4H3,(H2,28,29,30)/b6-5+. The van der Waals surface area contributed by atoms with Gasteiger partial charge in [0.1, 0.15) is 23.4 Å². The number of halogens is 1. The molecule has 1 amide bonds. The number of ether oxygens (including phenoxy) is 1. The molecule has 0 bridgehead atoms. The van der Waals surface area contributed by atoms with Gasteiger partial charge in [0, 0.05) is 53.1 Å². The average Bonchev–Trinajstić information content (AvgIpc) is 3.58. The second-order valence-corrected chi connectivity index (χ2v) is 10.4. The molecule has 1 aliphatic heterocycles. The Labute approximate surface area is 212 Å². The van der Waals surface area contributed by atoms with Crippen LogP contribution in [0.2, 0.25) is 0 Å². The maximum Gasteiger partial charge on any atom is 0.246 e. The van der Waals surface area contributed by atoms with Gasteiger partial charge in [-0.3, -0.25) is 4.79 Å². The molecule has 4 aromatic rings. The van der Waals surface area contributed by atoms with Crippen LogP contribution in [0, 0.1) is 12.7 Å². The van der Waals surface area contributed by atoms with E-state index in [1.807, 2.05) is 40.6 Å². The molecular weight excluding hydrogens is 479 g/mol. The number of aromatic nitrogens is 3. The number of aryl methyl sites for hydroxylation is 1. The Hall–Kier alpha value is -3.50. The number of nitrogens with two attached hydrogens (primary N) is 1. The van der Waals surface area contributed by atoms with Crippen molar-refractivity contribution in [3.63, 3.8) is 0 Å². The van der Waals surface area contributed by atoms with Crippen LogP contribution in [0.4, 0.5) is 10.2 Å². The van der Waals surface area contributed by atoms with Crippen molar-refractivity contribution < 1.29 is 13.9 Å². The zero-order valence-corrected chi connectivity index (χ0v) is 21.6. The number of anilines is 1. The van der Waals surface area contributed by atoms with E-state index in [1.165, 1.54) is 17.7 Å². The van der Waals surface area contributed by atoms with Gasteiger partial charge < -0.3 is 20.3 Å². The Bertz CT molecular complexity index is 1490. The highest BCUT2D eigenvalue weighted by Gasteiger charge is 2.30. The molecule has 1 aromatic carbocycles. The molecule has 4 heterocycles. The maximum absolute atomic E-state index is 15.0. The molecule has 188 valence electrons. The van der Waals surface area contributed by atoms with E-state index >= 15 is 0 Å². The average molecular weight is 509 g/mol. The first-order chi connectivity index (χ1) is 17.3. The number of carbonyl (C=O) groups excluding carboxylic acids is 1. The molecule has 1 fully saturated rings. The minimum absolute atomic E-state index is 0.0111. The number of rotatable bonds is 6. The van der Waals surface area contributed by atoms with Crippen LogP contribution in [0.25, 0.3) is 26.0 Å². The number of thiophene rings is 1. The van der Waals surface area contributed by atoms with Gasteiger partial charge in [0.15, 0.2) is 5.82 Å². The molecule has 2 N–H and O–H groups in total. The number of likely N-dealkylation sites (N-methyl/N-ethyl adjacent to an activating group) is 1. The summed E-state index contributed by atoms with van der Waals surface area (Å²) in [6.45, 7) is 3.71. The number of hydrogen-bond donors (Lipinski definition) is 1. The summed E-state index contributed by atoms with van der Waals surface area (Å²) in [5.74, 6) is 0.838. The SMILES string of the molecule is COc1cc(C)c(F)c2cc(-c3cc(C4CCN(C(=O)/C=C/CN(C)C)C4)n4ncnc(N)c34)sc12. The van der Waals surface area contributed by atoms with E-state index in [4.69, 9.17) is 10.5 Å². The second kappa shape index (κ2) is 9.51. The number of nitrogen functional groups attached to an aromatic ring is 1. The van der Waals surface area contributed by atoms with E-state index in [-0.39, 0.29) is 17.6 Å². The number of methoxy groups -OCH3 is 1. The van der Waals surface area contributed by atoms with Crippen LogP contribution in [-0.4, -0.2) is 71.1 Å². The molecule has 36 heavy (non-hydrogen) atoms. The van der Waals surface area contributed by atoms with Crippen molar-refractivity contribution in [2.24, 2.45) is 0 Å². The molecular formula is C26H29FN6O2S. The Balaban J connectivity index is 1.54. The zero-order valence-electron chi connectivity index (χ0n) is 20.8. The van der Waals surface area contributed by atoms with Gasteiger partial charge >= 0.3 is 0 Å². The predicted octanol–water partition coefficient (Wildman–Crippen LogP) is 4.08. The molecule has 0 saturated carbocycles. The highest BCUT2D eigenvalue weighted by atomic mass is 32.1. The van der Waals surface area contributed by atoms with E-state index in [0.717, 1.165) is 27.3 Å². The largest absolute Gasteiger partial charge is 0.495 e. The van der Waals surface area contributed by atoms with E-state index in [9.17, 15) is 9.18 Å². The highest BCUT2D eigenvalue weighted by molar-refractivity contribution is 7.22. The lowest BCUT2D eigenvalue weighted by atomic mass is 10.0. The smallest absolute Gasteiger partial charge is 0.246 e. The summed E-state index contributed by atoms with van der Waals surface area (Å²) >= 11 is 1.45. The molecule has 8 nitrogen and oxygen atoms in total. The molecule has 0 aliphatic carbocycles. The Morgan fingerprint density at radius 2 is 2.17 bits per heavy atom. The van der Waals surface area contributed by atoms with Gasteiger partial charge in [-0.1, -0.05) is 6.08 Å². The Morgan fingerprint density at radius 1 is 1.36 bits per heavy atom. The minimum atomic E-state index is -0.256. The van der Waals surface area contributed by atoms with Crippen LogP contribution in [0.1, 0.15) is 23.6 Å². The number of nitrogens with zero attached hydrogens (tertiary/aromatic N) is 5. The summed E-state index contributed by atoms with van der Waals surface area (Å²) in [7, 11) is 5.52. The number of likely N-dealkylation sites (tertiary alicyclic amines) is 1. The fraction of sp³-hybridized carbons (Fsp3) is 0.346. The maximum atomic E-state index is 15.0. The summed E-state index contributed by atoms with van der Waals surface area (Å²) in [5, 5.41) is 5.02. The van der Waals surface area contributed by atoms with Crippen LogP contribution in [-0.2, 0) is 4.79 Å². The van der Waals surface area contributed by atoms with Crippen molar-refractivity contribution in [2.75, 3.05) is 46.6 Å². The topological polar surface area (TPSA) is 89.0 Å². The third kappa shape index (κ3) is 4.20. The number of fused-ring (bicyclic) bond motifs is 2. The van der Waals surface area contributed by atoms with Crippen molar-refractivity contribution in [1.82, 2.24) is 24.4 Å². The molecule has 0 radical (unpaired) electrons. The van der Waals surface area contributed by atoms with Gasteiger partial charge in [0.2, 0.25) is 5.91 Å². The Kier molecular flexibility index (Phi) is 6.40. The van der Waals surface area contributed by atoms with Gasteiger partial charge in [0.25, 0.3) is 0 Å². The lowest BCUT2D eigenvalue weighted by Gasteiger charge is -2.14. The zero-order chi connectivity index (χ0) is 25.6. The highest BCUT2D eigenvalue weighted by Crippen LogP contribution is 2.44. The third-order valence-electron chi connectivity index (χ3n) is 6.63. The van der Waals surface area contributed by atoms with Crippen molar-refractivity contribution >= 4 is 38.7 Å². The van der Waals surface area contributed by atoms with Crippen LogP contribution in [0.3, 0.4) is 0 Å². The van der Waals surface area contributed by atoms with E-state index in [2.05, 4.69) is 16.1 Å². The summed E-state index contributed by atoms with van der Waals surface area (Å²) < 4.78 is 23.1. The summed E-state index contributed by atoms with van der Waals surface area (Å²) in [5.41, 5.74) is 9.35. The van der Waals surface area contributed by atoms with Crippen molar-refractivity contribution in [2.45, 2.75) is 19.3 Å². The van der Waals surface area contributed by atoms with Gasteiger partial charge in [0.05, 0.1) is 11.8 Å². The summed E-state index contributed by atoms with van der Waals surface area (Å²) in [4.78, 5) is 21.6. The number of benzene rings is 1. The fourth-order valence-electron chi connectivity index (χ4n) is 4.80. The molecule has 0 spiro atoms. The molecule has 10 heteroatoms. The first-order valence-electron chi connectivity index (χ1n) is 11.8. The quantitative estimate of drug-likeness (QED) is 0.395. The van der Waals surface area contributed by atoms with Crippen molar-refractivity contribution in [3.05, 3.63) is 53.8 Å². The van der Waals surface area contributed by atoms with Crippen LogP contribution in [0.15, 0.2) is 36.7 Å². The van der Waals surface area contributed by atoms with Crippen LogP contribution in [0.5, 0.6) is 5.75 Å². The van der Waals surface area contributed by atoms with Gasteiger partial charge in [-0.05, 0) is 51.2 Å². The lowest BCUT2D eigenvalue weighted by Crippen LogP contribution is -2.27. The second-order valence-electron chi connectivity index (χ2n) is 9.39. The molecule has 3 aromatic heterocycles. The fourth-order valence-corrected chi connectivity index (χ4v) is 5.97. The molecule has 1 aliphatic rings. The van der Waals surface area contributed by atoms with Gasteiger partial charge in [-0.15, -0.1) is 11.3 Å². The molecule has 5 rings (SSSR count). The Morgan fingerprint density at radius 3 is 2.92 bits per heavy atom. The normalized spacial score (nSPS) is 16.3. The van der Waals surface area contributed by atoms with Crippen LogP contribution < -0.4 is 10.5 Å². The van der Waals surface area contributed by atoms with Crippen LogP contribution >= 0.6 is 11.3 Å². The molecule has 1 saturated heterocycles. The third-order valence-corrected chi connectivity index (χ3v) is 7.81. The van der Waals surface area contributed by atoms with E-state index in [0.29, 0.717) is 47.7 Å². The van der Waals surface area contributed by atoms with Crippen molar-refractivity contribution in [1.29, 1.82) is 0 Å². The first kappa shape index (κ1) is 24.2. The summed E-state index contributed by atoms with van der Waals surface area (Å²) in [6, 6.07) is 5.62. The molecule has 1 unspecified atom stereocenters. The predicted molar refractivity (Wildman–Crippen MR) is 141 cm³/mol. The monoisotopic (exact) mass is 508 g/mol. The molecule has 1 atom stereocenters.